The molecule has 3 fully saturated rings. The first kappa shape index (κ1) is 15.8. The summed E-state index contributed by atoms with van der Waals surface area (Å²) >= 11 is 0. The van der Waals surface area contributed by atoms with Crippen LogP contribution in [0.15, 0.2) is 23.8 Å². The summed E-state index contributed by atoms with van der Waals surface area (Å²) < 4.78 is 5.43. The molecule has 1 N–H and O–H groups in total. The van der Waals surface area contributed by atoms with Gasteiger partial charge in [-0.15, -0.1) is 0 Å². The number of carbonyl (C=O) groups is 3. The number of ketones is 2. The maximum Gasteiger partial charge on any atom is 0.334 e. The molecule has 0 aromatic carbocycles. The van der Waals surface area contributed by atoms with E-state index in [1.165, 1.54) is 0 Å². The minimum atomic E-state index is -1.21. The number of Topliss-reactive ketones (excluding diaryl/α,β-unsaturated/α-hetero) is 2. The Morgan fingerprint density at radius 2 is 2.04 bits per heavy atom. The Kier molecular flexibility index (Phi) is 3.21. The highest BCUT2D eigenvalue weighted by molar-refractivity contribution is 5.98. The summed E-state index contributed by atoms with van der Waals surface area (Å²) in [6.07, 6.45) is 2.25. The molecule has 4 rings (SSSR count). The van der Waals surface area contributed by atoms with Crippen LogP contribution in [0.1, 0.15) is 33.1 Å². The second-order valence-corrected chi connectivity index (χ2v) is 8.12. The van der Waals surface area contributed by atoms with Crippen LogP contribution in [0.2, 0.25) is 0 Å². The molecule has 0 amide bonds. The van der Waals surface area contributed by atoms with Crippen LogP contribution in [0.4, 0.5) is 0 Å². The van der Waals surface area contributed by atoms with Crippen molar-refractivity contribution < 1.29 is 24.2 Å². The van der Waals surface area contributed by atoms with Crippen molar-refractivity contribution >= 4 is 17.5 Å². The van der Waals surface area contributed by atoms with Crippen LogP contribution >= 0.6 is 0 Å². The molecular formula is C19H22O5. The van der Waals surface area contributed by atoms with Crippen molar-refractivity contribution in [1.29, 1.82) is 0 Å². The molecule has 1 saturated heterocycles. The normalized spacial score (nSPS) is 46.8. The van der Waals surface area contributed by atoms with E-state index in [0.717, 1.165) is 5.57 Å². The predicted octanol–water partition coefficient (Wildman–Crippen LogP) is 1.60. The first-order chi connectivity index (χ1) is 11.2. The molecule has 0 aromatic rings. The molecule has 0 spiro atoms. The number of esters is 1. The van der Waals surface area contributed by atoms with E-state index in [9.17, 15) is 19.5 Å². The average molecular weight is 330 g/mol. The van der Waals surface area contributed by atoms with Gasteiger partial charge in [-0.2, -0.15) is 0 Å². The van der Waals surface area contributed by atoms with Crippen molar-refractivity contribution in [1.82, 2.24) is 0 Å². The van der Waals surface area contributed by atoms with Crippen molar-refractivity contribution in [2.75, 3.05) is 0 Å². The van der Waals surface area contributed by atoms with E-state index in [0.29, 0.717) is 12.0 Å². The number of hydrogen-bond donors (Lipinski definition) is 1. The Hall–Kier alpha value is -1.75. The fraction of sp³-hybridized carbons (Fsp3) is 0.632. The van der Waals surface area contributed by atoms with E-state index >= 15 is 0 Å². The molecule has 1 heterocycles. The summed E-state index contributed by atoms with van der Waals surface area (Å²) in [4.78, 5) is 37.8. The molecular weight excluding hydrogens is 308 g/mol. The summed E-state index contributed by atoms with van der Waals surface area (Å²) in [5.74, 6) is -2.30. The largest absolute Gasteiger partial charge is 0.458 e. The van der Waals surface area contributed by atoms with Crippen molar-refractivity contribution in [3.05, 3.63) is 23.8 Å². The van der Waals surface area contributed by atoms with E-state index in [-0.39, 0.29) is 48.1 Å². The van der Waals surface area contributed by atoms with Crippen LogP contribution in [-0.2, 0) is 19.1 Å². The van der Waals surface area contributed by atoms with Crippen molar-refractivity contribution in [3.63, 3.8) is 0 Å². The van der Waals surface area contributed by atoms with Gasteiger partial charge >= 0.3 is 5.97 Å². The Morgan fingerprint density at radius 1 is 1.33 bits per heavy atom. The molecule has 5 nitrogen and oxygen atoms in total. The Bertz CT molecular complexity index is 701. The number of ether oxygens (including phenoxy) is 1. The van der Waals surface area contributed by atoms with Crippen LogP contribution in [0, 0.1) is 29.6 Å². The van der Waals surface area contributed by atoms with Gasteiger partial charge in [0.25, 0.3) is 0 Å². The smallest absolute Gasteiger partial charge is 0.334 e. The monoisotopic (exact) mass is 330 g/mol. The fourth-order valence-electron chi connectivity index (χ4n) is 5.35. The number of rotatable bonds is 1. The average Bonchev–Trinajstić information content (AvgIpc) is 2.83. The van der Waals surface area contributed by atoms with Crippen LogP contribution in [0.3, 0.4) is 0 Å². The van der Waals surface area contributed by atoms with Gasteiger partial charge in [-0.1, -0.05) is 18.2 Å². The zero-order chi connectivity index (χ0) is 17.4. The van der Waals surface area contributed by atoms with Crippen molar-refractivity contribution in [2.24, 2.45) is 29.6 Å². The Balaban J connectivity index is 1.87. The minimum Gasteiger partial charge on any atom is -0.458 e. The molecule has 2 saturated carbocycles. The number of fused-ring (bicyclic) bond motifs is 1. The molecule has 3 aliphatic carbocycles. The van der Waals surface area contributed by atoms with E-state index in [4.69, 9.17) is 4.74 Å². The number of carbonyl (C=O) groups excluding carboxylic acids is 3. The molecule has 4 aliphatic rings. The summed E-state index contributed by atoms with van der Waals surface area (Å²) in [6, 6.07) is 0. The fourth-order valence-corrected chi connectivity index (χ4v) is 5.35. The molecule has 5 heteroatoms. The Morgan fingerprint density at radius 3 is 2.71 bits per heavy atom. The number of aliphatic hydroxyl groups is 1. The molecule has 128 valence electrons. The third-order valence-electron chi connectivity index (χ3n) is 6.40. The lowest BCUT2D eigenvalue weighted by Gasteiger charge is -2.37. The van der Waals surface area contributed by atoms with Gasteiger partial charge in [0.15, 0.2) is 0 Å². The van der Waals surface area contributed by atoms with Crippen LogP contribution in [-0.4, -0.2) is 34.3 Å². The third-order valence-corrected chi connectivity index (χ3v) is 6.40. The van der Waals surface area contributed by atoms with Crippen LogP contribution in [0.25, 0.3) is 0 Å². The second kappa shape index (κ2) is 4.88. The summed E-state index contributed by atoms with van der Waals surface area (Å²) in [7, 11) is 0. The Labute approximate surface area is 140 Å². The lowest BCUT2D eigenvalue weighted by Crippen LogP contribution is -2.44. The lowest BCUT2D eigenvalue weighted by molar-refractivity contribution is -0.141. The molecule has 1 aliphatic heterocycles. The second-order valence-electron chi connectivity index (χ2n) is 8.12. The van der Waals surface area contributed by atoms with Crippen LogP contribution in [0.5, 0.6) is 0 Å². The molecule has 0 radical (unpaired) electrons. The highest BCUT2D eigenvalue weighted by atomic mass is 16.6. The maximum atomic E-state index is 13.3. The van der Waals surface area contributed by atoms with E-state index in [1.807, 2.05) is 13.0 Å². The van der Waals surface area contributed by atoms with Crippen molar-refractivity contribution in [2.45, 2.75) is 44.8 Å². The highest BCUT2D eigenvalue weighted by Crippen LogP contribution is 2.55. The molecule has 0 aromatic heterocycles. The number of allylic oxidation sites excluding steroid dienone is 2. The lowest BCUT2D eigenvalue weighted by atomic mass is 9.66. The topological polar surface area (TPSA) is 80.7 Å². The summed E-state index contributed by atoms with van der Waals surface area (Å²) in [5.41, 5.74) is 0.161. The van der Waals surface area contributed by atoms with Gasteiger partial charge in [0.2, 0.25) is 0 Å². The van der Waals surface area contributed by atoms with Gasteiger partial charge in [0.1, 0.15) is 17.7 Å². The molecule has 0 bridgehead atoms. The van der Waals surface area contributed by atoms with Gasteiger partial charge in [0, 0.05) is 36.7 Å². The predicted molar refractivity (Wildman–Crippen MR) is 84.7 cm³/mol. The standard InChI is InChI=1S/C19H22O5/c1-8(2)10-4-9(20)5-12-11(10)6-13-15-14(24-18(13)22)7-19(3,23)16(15)17(12)21/h6,10-12,14-16,23H,1,4-5,7H2,2-3H3. The van der Waals surface area contributed by atoms with Crippen molar-refractivity contribution in [3.8, 4) is 0 Å². The van der Waals surface area contributed by atoms with E-state index in [1.54, 1.807) is 6.92 Å². The van der Waals surface area contributed by atoms with Gasteiger partial charge in [-0.3, -0.25) is 9.59 Å². The SMILES string of the molecule is C=C(C)C1CC(=O)CC2C(=O)C3C4C(=CC12)C(=O)OC4CC3(C)O. The molecule has 7 unspecified atom stereocenters. The first-order valence-corrected chi connectivity index (χ1v) is 8.56. The van der Waals surface area contributed by atoms with E-state index < -0.39 is 23.5 Å². The molecule has 7 atom stereocenters. The highest BCUT2D eigenvalue weighted by Gasteiger charge is 2.63. The van der Waals surface area contributed by atoms with Gasteiger partial charge < -0.3 is 9.84 Å². The van der Waals surface area contributed by atoms with Crippen LogP contribution < -0.4 is 0 Å². The minimum absolute atomic E-state index is 0.0554. The van der Waals surface area contributed by atoms with Gasteiger partial charge in [-0.25, -0.2) is 4.79 Å². The molecule has 24 heavy (non-hydrogen) atoms. The summed E-state index contributed by atoms with van der Waals surface area (Å²) in [5, 5.41) is 10.8. The third kappa shape index (κ3) is 2.00. The van der Waals surface area contributed by atoms with Gasteiger partial charge in [0.05, 0.1) is 11.5 Å². The zero-order valence-electron chi connectivity index (χ0n) is 14.0. The van der Waals surface area contributed by atoms with E-state index in [2.05, 4.69) is 6.58 Å². The number of hydrogen-bond acceptors (Lipinski definition) is 5. The zero-order valence-corrected chi connectivity index (χ0v) is 14.0. The maximum absolute atomic E-state index is 13.3. The van der Waals surface area contributed by atoms with Gasteiger partial charge in [-0.05, 0) is 25.7 Å². The first-order valence-electron chi connectivity index (χ1n) is 8.56. The quantitative estimate of drug-likeness (QED) is 0.583. The summed E-state index contributed by atoms with van der Waals surface area (Å²) in [6.45, 7) is 7.48.